The standard InChI is InChI=1S/C16H20FN3O/c1-4-8-14-19-15(18-5-2)11(3)16(20-14)21-13-10-7-6-9-12(13)17/h6-7,9-10H,4-5,8H2,1-3H3,(H,18,19,20). The van der Waals surface area contributed by atoms with E-state index < -0.39 is 5.82 Å². The molecule has 0 aliphatic carbocycles. The van der Waals surface area contributed by atoms with Gasteiger partial charge in [0.25, 0.3) is 0 Å². The highest BCUT2D eigenvalue weighted by atomic mass is 19.1. The van der Waals surface area contributed by atoms with E-state index >= 15 is 0 Å². The van der Waals surface area contributed by atoms with Crippen LogP contribution in [0.5, 0.6) is 11.6 Å². The van der Waals surface area contributed by atoms with E-state index in [9.17, 15) is 4.39 Å². The molecule has 0 aliphatic heterocycles. The predicted octanol–water partition coefficient (Wildman–Crippen LogP) is 4.10. The Hall–Kier alpha value is -2.17. The number of rotatable bonds is 6. The molecular formula is C16H20FN3O. The Morgan fingerprint density at radius 2 is 1.95 bits per heavy atom. The lowest BCUT2D eigenvalue weighted by Gasteiger charge is -2.13. The third kappa shape index (κ3) is 3.68. The summed E-state index contributed by atoms with van der Waals surface area (Å²) in [5, 5.41) is 3.19. The molecule has 1 N–H and O–H groups in total. The Morgan fingerprint density at radius 3 is 2.62 bits per heavy atom. The van der Waals surface area contributed by atoms with Crippen molar-refractivity contribution in [2.24, 2.45) is 0 Å². The molecule has 2 aromatic rings. The Balaban J connectivity index is 2.39. The first kappa shape index (κ1) is 15.2. The van der Waals surface area contributed by atoms with E-state index in [1.165, 1.54) is 6.07 Å². The number of nitrogens with one attached hydrogen (secondary N) is 1. The molecule has 0 amide bonds. The highest BCUT2D eigenvalue weighted by Gasteiger charge is 2.13. The van der Waals surface area contributed by atoms with Crippen LogP contribution in [-0.4, -0.2) is 16.5 Å². The Labute approximate surface area is 124 Å². The molecule has 5 heteroatoms. The number of nitrogens with zero attached hydrogens (tertiary/aromatic N) is 2. The Kier molecular flexibility index (Phi) is 5.09. The number of halogens is 1. The van der Waals surface area contributed by atoms with Crippen LogP contribution in [-0.2, 0) is 6.42 Å². The average molecular weight is 289 g/mol. The third-order valence-corrected chi connectivity index (χ3v) is 3.01. The summed E-state index contributed by atoms with van der Waals surface area (Å²) in [6.07, 6.45) is 1.69. The van der Waals surface area contributed by atoms with Gasteiger partial charge in [-0.05, 0) is 32.4 Å². The first-order valence-corrected chi connectivity index (χ1v) is 7.19. The summed E-state index contributed by atoms with van der Waals surface area (Å²) in [6, 6.07) is 6.31. The van der Waals surface area contributed by atoms with E-state index in [2.05, 4.69) is 22.2 Å². The molecular weight excluding hydrogens is 269 g/mol. The van der Waals surface area contributed by atoms with Crippen LogP contribution in [0.25, 0.3) is 0 Å². The second kappa shape index (κ2) is 7.02. The zero-order chi connectivity index (χ0) is 15.2. The fourth-order valence-electron chi connectivity index (χ4n) is 1.95. The topological polar surface area (TPSA) is 47.0 Å². The number of aromatic nitrogens is 2. The van der Waals surface area contributed by atoms with Crippen molar-refractivity contribution >= 4 is 5.82 Å². The SMILES string of the molecule is CCCc1nc(NCC)c(C)c(Oc2ccccc2F)n1. The van der Waals surface area contributed by atoms with E-state index in [0.717, 1.165) is 30.8 Å². The molecule has 4 nitrogen and oxygen atoms in total. The maximum Gasteiger partial charge on any atom is 0.227 e. The van der Waals surface area contributed by atoms with Crippen LogP contribution < -0.4 is 10.1 Å². The number of ether oxygens (including phenoxy) is 1. The van der Waals surface area contributed by atoms with Gasteiger partial charge >= 0.3 is 0 Å². The van der Waals surface area contributed by atoms with Crippen molar-refractivity contribution in [2.75, 3.05) is 11.9 Å². The Bertz CT molecular complexity index is 616. The maximum atomic E-state index is 13.7. The van der Waals surface area contributed by atoms with E-state index in [-0.39, 0.29) is 5.75 Å². The molecule has 0 saturated heterocycles. The number of hydrogen-bond acceptors (Lipinski definition) is 4. The quantitative estimate of drug-likeness (QED) is 0.869. The normalized spacial score (nSPS) is 10.5. The number of aryl methyl sites for hydroxylation is 1. The zero-order valence-electron chi connectivity index (χ0n) is 12.6. The summed E-state index contributed by atoms with van der Waals surface area (Å²) in [5.41, 5.74) is 0.778. The van der Waals surface area contributed by atoms with Crippen LogP contribution in [0.15, 0.2) is 24.3 Å². The van der Waals surface area contributed by atoms with E-state index in [4.69, 9.17) is 4.74 Å². The second-order valence-electron chi connectivity index (χ2n) is 4.73. The van der Waals surface area contributed by atoms with Gasteiger partial charge in [0.2, 0.25) is 5.88 Å². The van der Waals surface area contributed by atoms with Gasteiger partial charge in [-0.15, -0.1) is 0 Å². The smallest absolute Gasteiger partial charge is 0.227 e. The van der Waals surface area contributed by atoms with Gasteiger partial charge in [-0.2, -0.15) is 4.98 Å². The van der Waals surface area contributed by atoms with Crippen molar-refractivity contribution in [1.82, 2.24) is 9.97 Å². The molecule has 0 spiro atoms. The molecule has 0 fully saturated rings. The minimum Gasteiger partial charge on any atom is -0.435 e. The highest BCUT2D eigenvalue weighted by molar-refractivity contribution is 5.49. The molecule has 1 heterocycles. The van der Waals surface area contributed by atoms with Gasteiger partial charge in [-0.3, -0.25) is 0 Å². The average Bonchev–Trinajstić information content (AvgIpc) is 2.46. The van der Waals surface area contributed by atoms with Crippen molar-refractivity contribution in [3.8, 4) is 11.6 Å². The van der Waals surface area contributed by atoms with E-state index in [1.807, 2.05) is 13.8 Å². The molecule has 0 atom stereocenters. The molecule has 1 aromatic carbocycles. The minimum atomic E-state index is -0.405. The lowest BCUT2D eigenvalue weighted by atomic mass is 10.2. The lowest BCUT2D eigenvalue weighted by Crippen LogP contribution is -2.08. The summed E-state index contributed by atoms with van der Waals surface area (Å²) in [5.74, 6) is 1.60. The van der Waals surface area contributed by atoms with E-state index in [0.29, 0.717) is 11.7 Å². The molecule has 0 unspecified atom stereocenters. The van der Waals surface area contributed by atoms with Crippen LogP contribution in [0, 0.1) is 12.7 Å². The van der Waals surface area contributed by atoms with Gasteiger partial charge in [0.15, 0.2) is 11.6 Å². The Morgan fingerprint density at radius 1 is 1.19 bits per heavy atom. The van der Waals surface area contributed by atoms with Crippen molar-refractivity contribution in [2.45, 2.75) is 33.6 Å². The first-order valence-electron chi connectivity index (χ1n) is 7.19. The molecule has 0 aliphatic rings. The summed E-state index contributed by atoms with van der Waals surface area (Å²) in [7, 11) is 0. The summed E-state index contributed by atoms with van der Waals surface area (Å²) >= 11 is 0. The molecule has 21 heavy (non-hydrogen) atoms. The summed E-state index contributed by atoms with van der Waals surface area (Å²) in [6.45, 7) is 6.68. The van der Waals surface area contributed by atoms with Gasteiger partial charge in [0.1, 0.15) is 11.6 Å². The second-order valence-corrected chi connectivity index (χ2v) is 4.73. The van der Waals surface area contributed by atoms with Crippen molar-refractivity contribution in [3.05, 3.63) is 41.5 Å². The number of benzene rings is 1. The number of para-hydroxylation sites is 1. The van der Waals surface area contributed by atoms with Crippen LogP contribution >= 0.6 is 0 Å². The van der Waals surface area contributed by atoms with Crippen molar-refractivity contribution in [3.63, 3.8) is 0 Å². The predicted molar refractivity (Wildman–Crippen MR) is 81.4 cm³/mol. The monoisotopic (exact) mass is 289 g/mol. The van der Waals surface area contributed by atoms with Gasteiger partial charge < -0.3 is 10.1 Å². The molecule has 0 bridgehead atoms. The third-order valence-electron chi connectivity index (χ3n) is 3.01. The highest BCUT2D eigenvalue weighted by Crippen LogP contribution is 2.28. The van der Waals surface area contributed by atoms with Gasteiger partial charge in [0.05, 0.1) is 5.56 Å². The first-order chi connectivity index (χ1) is 10.2. The molecule has 1 aromatic heterocycles. The van der Waals surface area contributed by atoms with Crippen LogP contribution in [0.3, 0.4) is 0 Å². The fraction of sp³-hybridized carbons (Fsp3) is 0.375. The molecule has 0 saturated carbocycles. The number of anilines is 1. The van der Waals surface area contributed by atoms with E-state index in [1.54, 1.807) is 18.2 Å². The zero-order valence-corrected chi connectivity index (χ0v) is 12.6. The summed E-state index contributed by atoms with van der Waals surface area (Å²) in [4.78, 5) is 8.88. The van der Waals surface area contributed by atoms with Crippen molar-refractivity contribution in [1.29, 1.82) is 0 Å². The molecule has 112 valence electrons. The van der Waals surface area contributed by atoms with Crippen LogP contribution in [0.1, 0.15) is 31.7 Å². The van der Waals surface area contributed by atoms with Gasteiger partial charge in [-0.1, -0.05) is 19.1 Å². The summed E-state index contributed by atoms with van der Waals surface area (Å²) < 4.78 is 19.4. The molecule has 2 rings (SSSR count). The number of hydrogen-bond donors (Lipinski definition) is 1. The van der Waals surface area contributed by atoms with Gasteiger partial charge in [-0.25, -0.2) is 9.37 Å². The minimum absolute atomic E-state index is 0.171. The fourth-order valence-corrected chi connectivity index (χ4v) is 1.95. The van der Waals surface area contributed by atoms with Crippen molar-refractivity contribution < 1.29 is 9.13 Å². The van der Waals surface area contributed by atoms with Crippen LogP contribution in [0.4, 0.5) is 10.2 Å². The van der Waals surface area contributed by atoms with Crippen LogP contribution in [0.2, 0.25) is 0 Å². The van der Waals surface area contributed by atoms with Gasteiger partial charge in [0, 0.05) is 13.0 Å². The largest absolute Gasteiger partial charge is 0.435 e. The maximum absolute atomic E-state index is 13.7. The lowest BCUT2D eigenvalue weighted by molar-refractivity contribution is 0.421. The molecule has 0 radical (unpaired) electrons.